The quantitative estimate of drug-likeness (QED) is 0.366. The highest BCUT2D eigenvalue weighted by Crippen LogP contribution is 1.97. The number of nitrogens with one attached hydrogen (secondary N) is 2. The number of carbonyl (C=O) groups is 2. The van der Waals surface area contributed by atoms with E-state index in [2.05, 4.69) is 5.59 Å². The van der Waals surface area contributed by atoms with E-state index in [0.717, 1.165) is 0 Å². The molecular formula is C8H18N4O4. The third kappa shape index (κ3) is 5.49. The van der Waals surface area contributed by atoms with E-state index >= 15 is 0 Å². The van der Waals surface area contributed by atoms with Crippen molar-refractivity contribution in [3.63, 3.8) is 0 Å². The summed E-state index contributed by atoms with van der Waals surface area (Å²) in [6, 6.07) is -0.883. The van der Waals surface area contributed by atoms with Crippen molar-refractivity contribution in [3.05, 3.63) is 0 Å². The van der Waals surface area contributed by atoms with Crippen LogP contribution in [0.4, 0.5) is 9.59 Å². The molecular weight excluding hydrogens is 216 g/mol. The smallest absolute Gasteiger partial charge is 0.435 e. The molecule has 0 saturated heterocycles. The molecule has 0 fully saturated rings. The molecule has 8 heteroatoms. The highest BCUT2D eigenvalue weighted by Gasteiger charge is 2.24. The lowest BCUT2D eigenvalue weighted by Crippen LogP contribution is -2.54. The van der Waals surface area contributed by atoms with E-state index in [1.54, 1.807) is 33.1 Å². The molecule has 0 aromatic carbocycles. The summed E-state index contributed by atoms with van der Waals surface area (Å²) in [5.41, 5.74) is 3.93. The molecule has 16 heavy (non-hydrogen) atoms. The lowest BCUT2D eigenvalue weighted by atomic mass is 10.5. The van der Waals surface area contributed by atoms with E-state index in [9.17, 15) is 9.59 Å². The summed E-state index contributed by atoms with van der Waals surface area (Å²) in [5, 5.41) is 0.500. The summed E-state index contributed by atoms with van der Waals surface area (Å²) >= 11 is 0. The Morgan fingerprint density at radius 2 is 1.75 bits per heavy atom. The van der Waals surface area contributed by atoms with Crippen LogP contribution < -0.4 is 16.9 Å². The largest absolute Gasteiger partial charge is 0.445 e. The van der Waals surface area contributed by atoms with Crippen LogP contribution in [0.3, 0.4) is 0 Å². The Morgan fingerprint density at radius 3 is 2.12 bits per heavy atom. The van der Waals surface area contributed by atoms with Gasteiger partial charge < -0.3 is 4.74 Å². The zero-order chi connectivity index (χ0) is 12.7. The number of nitrogens with zero attached hydrogens (tertiary/aromatic N) is 1. The summed E-state index contributed by atoms with van der Waals surface area (Å²) in [5.74, 6) is 4.90. The molecule has 3 amide bonds. The van der Waals surface area contributed by atoms with Crippen molar-refractivity contribution in [2.24, 2.45) is 5.84 Å². The summed E-state index contributed by atoms with van der Waals surface area (Å²) in [7, 11) is 0. The van der Waals surface area contributed by atoms with E-state index < -0.39 is 12.1 Å². The van der Waals surface area contributed by atoms with Gasteiger partial charge in [0.2, 0.25) is 0 Å². The van der Waals surface area contributed by atoms with Gasteiger partial charge in [-0.15, -0.1) is 5.01 Å². The van der Waals surface area contributed by atoms with Crippen LogP contribution in [0.15, 0.2) is 0 Å². The monoisotopic (exact) mass is 234 g/mol. The van der Waals surface area contributed by atoms with E-state index in [4.69, 9.17) is 15.4 Å². The maximum absolute atomic E-state index is 11.4. The molecule has 0 aromatic rings. The van der Waals surface area contributed by atoms with Gasteiger partial charge >= 0.3 is 12.1 Å². The standard InChI is InChI=1S/C8H18N4O4/c1-5(2)15-8(14)12(7(13)10-9)11-16-6(3)4/h5-6,11H,9H2,1-4H3,(H,10,13). The number of hydrogen-bond donors (Lipinski definition) is 3. The zero-order valence-corrected chi connectivity index (χ0v) is 9.81. The van der Waals surface area contributed by atoms with Gasteiger partial charge in [0.15, 0.2) is 0 Å². The van der Waals surface area contributed by atoms with Crippen molar-refractivity contribution >= 4 is 12.1 Å². The number of hydrogen-bond acceptors (Lipinski definition) is 6. The lowest BCUT2D eigenvalue weighted by Gasteiger charge is -2.21. The van der Waals surface area contributed by atoms with E-state index in [-0.39, 0.29) is 12.2 Å². The molecule has 0 aromatic heterocycles. The van der Waals surface area contributed by atoms with Gasteiger partial charge in [-0.05, 0) is 27.7 Å². The molecule has 4 N–H and O–H groups in total. The predicted molar refractivity (Wildman–Crippen MR) is 55.5 cm³/mol. The van der Waals surface area contributed by atoms with Crippen molar-refractivity contribution in [3.8, 4) is 0 Å². The first-order valence-corrected chi connectivity index (χ1v) is 4.81. The summed E-state index contributed by atoms with van der Waals surface area (Å²) in [6.45, 7) is 6.75. The Labute approximate surface area is 93.9 Å². The molecule has 0 saturated carbocycles. The minimum atomic E-state index is -0.904. The highest BCUT2D eigenvalue weighted by atomic mass is 16.7. The Morgan fingerprint density at radius 1 is 1.19 bits per heavy atom. The molecule has 0 aliphatic rings. The average Bonchev–Trinajstić information content (AvgIpc) is 2.15. The van der Waals surface area contributed by atoms with Crippen LogP contribution in [0.2, 0.25) is 0 Å². The van der Waals surface area contributed by atoms with Gasteiger partial charge in [0, 0.05) is 0 Å². The molecule has 0 rings (SSSR count). The number of rotatable bonds is 4. The first-order chi connectivity index (χ1) is 7.38. The second-order valence-electron chi connectivity index (χ2n) is 3.48. The van der Waals surface area contributed by atoms with E-state index in [0.29, 0.717) is 5.01 Å². The maximum atomic E-state index is 11.4. The van der Waals surface area contributed by atoms with Crippen LogP contribution in [0, 0.1) is 0 Å². The van der Waals surface area contributed by atoms with Crippen molar-refractivity contribution in [1.82, 2.24) is 16.0 Å². The van der Waals surface area contributed by atoms with Crippen molar-refractivity contribution in [2.45, 2.75) is 39.9 Å². The Bertz CT molecular complexity index is 244. The second-order valence-corrected chi connectivity index (χ2v) is 3.48. The van der Waals surface area contributed by atoms with E-state index in [1.807, 2.05) is 0 Å². The zero-order valence-electron chi connectivity index (χ0n) is 9.81. The minimum absolute atomic E-state index is 0.222. The third-order valence-corrected chi connectivity index (χ3v) is 1.23. The van der Waals surface area contributed by atoms with Gasteiger partial charge in [0.25, 0.3) is 0 Å². The second kappa shape index (κ2) is 6.99. The number of ether oxygens (including phenoxy) is 1. The average molecular weight is 234 g/mol. The number of urea groups is 1. The first kappa shape index (κ1) is 14.6. The summed E-state index contributed by atoms with van der Waals surface area (Å²) in [6.07, 6.45) is -1.49. The number of nitrogens with two attached hydrogens (primary N) is 1. The Kier molecular flexibility index (Phi) is 6.38. The third-order valence-electron chi connectivity index (χ3n) is 1.23. The van der Waals surface area contributed by atoms with Crippen molar-refractivity contribution in [2.75, 3.05) is 0 Å². The molecule has 0 radical (unpaired) electrons. The number of amides is 3. The number of hydrazine groups is 2. The fourth-order valence-electron chi connectivity index (χ4n) is 0.639. The van der Waals surface area contributed by atoms with Crippen LogP contribution in [-0.4, -0.2) is 29.3 Å². The molecule has 0 spiro atoms. The minimum Gasteiger partial charge on any atom is -0.445 e. The number of carbonyl (C=O) groups excluding carboxylic acids is 2. The van der Waals surface area contributed by atoms with Gasteiger partial charge in [-0.3, -0.25) is 10.3 Å². The van der Waals surface area contributed by atoms with Gasteiger partial charge in [-0.2, -0.15) is 0 Å². The van der Waals surface area contributed by atoms with Gasteiger partial charge in [0.1, 0.15) is 0 Å². The van der Waals surface area contributed by atoms with Crippen molar-refractivity contribution in [1.29, 1.82) is 0 Å². The van der Waals surface area contributed by atoms with Crippen LogP contribution in [0.5, 0.6) is 0 Å². The molecule has 94 valence electrons. The van der Waals surface area contributed by atoms with Crippen LogP contribution in [-0.2, 0) is 9.57 Å². The first-order valence-electron chi connectivity index (χ1n) is 4.81. The molecule has 0 unspecified atom stereocenters. The predicted octanol–water partition coefficient (Wildman–Crippen LogP) is 0.261. The lowest BCUT2D eigenvalue weighted by molar-refractivity contribution is -0.0860. The summed E-state index contributed by atoms with van der Waals surface area (Å²) < 4.78 is 4.80. The molecule has 0 heterocycles. The molecule has 0 bridgehead atoms. The van der Waals surface area contributed by atoms with Crippen molar-refractivity contribution < 1.29 is 19.2 Å². The van der Waals surface area contributed by atoms with Crippen LogP contribution in [0.25, 0.3) is 0 Å². The molecule has 0 atom stereocenters. The molecule has 0 aliphatic carbocycles. The van der Waals surface area contributed by atoms with Gasteiger partial charge in [-0.1, -0.05) is 5.59 Å². The maximum Gasteiger partial charge on any atom is 0.435 e. The Balaban J connectivity index is 4.41. The fourth-order valence-corrected chi connectivity index (χ4v) is 0.639. The Hall–Kier alpha value is -1.38. The SMILES string of the molecule is CC(C)ONN(C(=O)NN)C(=O)OC(C)C. The van der Waals surface area contributed by atoms with Gasteiger partial charge in [-0.25, -0.2) is 15.4 Å². The van der Waals surface area contributed by atoms with Crippen LogP contribution in [0.1, 0.15) is 27.7 Å². The summed E-state index contributed by atoms with van der Waals surface area (Å²) in [4.78, 5) is 27.5. The van der Waals surface area contributed by atoms with E-state index in [1.165, 1.54) is 0 Å². The molecule has 0 aliphatic heterocycles. The fraction of sp³-hybridized carbons (Fsp3) is 0.750. The van der Waals surface area contributed by atoms with Crippen LogP contribution >= 0.6 is 0 Å². The topological polar surface area (TPSA) is 106 Å². The van der Waals surface area contributed by atoms with Gasteiger partial charge in [0.05, 0.1) is 12.2 Å². The highest BCUT2D eigenvalue weighted by molar-refractivity contribution is 5.89. The molecule has 8 nitrogen and oxygen atoms in total. The number of imide groups is 1. The normalized spacial score (nSPS) is 10.4.